The van der Waals surface area contributed by atoms with Crippen LogP contribution >= 0.6 is 23.2 Å². The number of rotatable bonds is 9. The molecule has 0 spiro atoms. The summed E-state index contributed by atoms with van der Waals surface area (Å²) < 4.78 is 27.3. The second-order valence-electron chi connectivity index (χ2n) is 8.05. The number of carbonyl (C=O) groups is 1. The highest BCUT2D eigenvalue weighted by Crippen LogP contribution is 2.29. The molecule has 0 bridgehead atoms. The second-order valence-corrected chi connectivity index (χ2v) is 8.82. The van der Waals surface area contributed by atoms with E-state index in [1.807, 2.05) is 25.3 Å². The molecule has 0 aliphatic heterocycles. The zero-order chi connectivity index (χ0) is 21.1. The number of alkyl halides is 2. The molecule has 0 atom stereocenters. The van der Waals surface area contributed by atoms with Gasteiger partial charge in [0.05, 0.1) is 5.02 Å². The van der Waals surface area contributed by atoms with E-state index in [-0.39, 0.29) is 22.9 Å². The van der Waals surface area contributed by atoms with E-state index in [4.69, 9.17) is 23.2 Å². The van der Waals surface area contributed by atoms with Gasteiger partial charge in [-0.3, -0.25) is 4.79 Å². The van der Waals surface area contributed by atoms with Gasteiger partial charge in [-0.25, -0.2) is 18.7 Å². The Balaban J connectivity index is 2.07. The minimum absolute atomic E-state index is 0.147. The van der Waals surface area contributed by atoms with Crippen LogP contribution in [0, 0.1) is 0 Å². The van der Waals surface area contributed by atoms with Crippen molar-refractivity contribution in [1.82, 2.24) is 14.5 Å². The number of imidazole rings is 1. The van der Waals surface area contributed by atoms with Crippen LogP contribution in [-0.4, -0.2) is 44.4 Å². The first-order valence-electron chi connectivity index (χ1n) is 9.10. The molecular weight excluding hydrogens is 411 g/mol. The summed E-state index contributed by atoms with van der Waals surface area (Å²) in [7, 11) is 0. The first-order valence-corrected chi connectivity index (χ1v) is 9.86. The summed E-state index contributed by atoms with van der Waals surface area (Å²) in [6.45, 7) is 3.53. The number of pyridine rings is 1. The Morgan fingerprint density at radius 3 is 2.39 bits per heavy atom. The summed E-state index contributed by atoms with van der Waals surface area (Å²) in [6.07, 6.45) is 1.40. The standard InChI is InChI=1S/C19H25Cl2F2N3O2/c1-18(2,3)26-15(24-14-8-13(20)16(21)25-17(14)26)7-5-4-6-12(27)9-19(28,10-22)11-23/h8,28H,4-7,9-11H2,1-3H3. The molecule has 0 aliphatic carbocycles. The number of hydrogen-bond acceptors (Lipinski definition) is 4. The molecule has 0 unspecified atom stereocenters. The van der Waals surface area contributed by atoms with Gasteiger partial charge in [-0.1, -0.05) is 23.2 Å². The number of halogens is 4. The predicted molar refractivity (Wildman–Crippen MR) is 107 cm³/mol. The monoisotopic (exact) mass is 435 g/mol. The van der Waals surface area contributed by atoms with Crippen LogP contribution in [0.15, 0.2) is 6.07 Å². The zero-order valence-electron chi connectivity index (χ0n) is 16.2. The van der Waals surface area contributed by atoms with Crippen molar-refractivity contribution >= 4 is 40.1 Å². The number of carbonyl (C=O) groups excluding carboxylic acids is 1. The number of hydrogen-bond donors (Lipinski definition) is 1. The van der Waals surface area contributed by atoms with Gasteiger partial charge in [0.1, 0.15) is 41.2 Å². The van der Waals surface area contributed by atoms with E-state index in [2.05, 4.69) is 9.97 Å². The Kier molecular flexibility index (Phi) is 7.39. The van der Waals surface area contributed by atoms with Crippen molar-refractivity contribution in [2.45, 2.75) is 64.0 Å². The molecule has 0 fully saturated rings. The van der Waals surface area contributed by atoms with Gasteiger partial charge in [0.15, 0.2) is 5.65 Å². The molecule has 2 aromatic rings. The van der Waals surface area contributed by atoms with Gasteiger partial charge in [-0.05, 0) is 39.7 Å². The third-order valence-corrected chi connectivity index (χ3v) is 5.09. The largest absolute Gasteiger partial charge is 0.384 e. The molecule has 0 saturated carbocycles. The Bertz CT molecular complexity index is 846. The Hall–Kier alpha value is -1.31. The Labute approximate surface area is 173 Å². The number of ketones is 1. The number of fused-ring (bicyclic) bond motifs is 1. The third-order valence-electron chi connectivity index (χ3n) is 4.41. The summed E-state index contributed by atoms with van der Waals surface area (Å²) in [5.74, 6) is 0.437. The Morgan fingerprint density at radius 1 is 1.18 bits per heavy atom. The molecule has 1 N–H and O–H groups in total. The van der Waals surface area contributed by atoms with Gasteiger partial charge in [-0.15, -0.1) is 0 Å². The summed E-state index contributed by atoms with van der Waals surface area (Å²) in [5, 5.41) is 10.1. The van der Waals surface area contributed by atoms with Crippen molar-refractivity contribution in [2.24, 2.45) is 0 Å². The average Bonchev–Trinajstić information content (AvgIpc) is 2.96. The normalized spacial score (nSPS) is 12.7. The highest BCUT2D eigenvalue weighted by atomic mass is 35.5. The molecule has 5 nitrogen and oxygen atoms in total. The van der Waals surface area contributed by atoms with Crippen LogP contribution < -0.4 is 0 Å². The van der Waals surface area contributed by atoms with Gasteiger partial charge in [-0.2, -0.15) is 0 Å². The number of Topliss-reactive ketones (excluding diaryl/α,β-unsaturated/α-hetero) is 1. The molecule has 0 aliphatic rings. The maximum absolute atomic E-state index is 12.6. The van der Waals surface area contributed by atoms with Crippen LogP contribution in [0.5, 0.6) is 0 Å². The Morgan fingerprint density at radius 2 is 1.82 bits per heavy atom. The van der Waals surface area contributed by atoms with Crippen molar-refractivity contribution in [3.63, 3.8) is 0 Å². The van der Waals surface area contributed by atoms with E-state index in [1.165, 1.54) is 0 Å². The molecule has 0 saturated heterocycles. The minimum Gasteiger partial charge on any atom is -0.384 e. The molecular formula is C19H25Cl2F2N3O2. The second kappa shape index (κ2) is 9.01. The van der Waals surface area contributed by atoms with Crippen LogP contribution in [-0.2, 0) is 16.8 Å². The van der Waals surface area contributed by atoms with Crippen molar-refractivity contribution in [3.05, 3.63) is 22.1 Å². The SMILES string of the molecule is CC(C)(C)n1c(CCCCC(=O)CC(O)(CF)CF)nc2cc(Cl)c(Cl)nc21. The lowest BCUT2D eigenvalue weighted by atomic mass is 9.97. The third kappa shape index (κ3) is 5.39. The zero-order valence-corrected chi connectivity index (χ0v) is 17.7. The van der Waals surface area contributed by atoms with Crippen LogP contribution in [0.4, 0.5) is 8.78 Å². The first-order chi connectivity index (χ1) is 13.0. The number of aliphatic hydroxyl groups is 1. The number of aromatic nitrogens is 3. The van der Waals surface area contributed by atoms with E-state index in [1.54, 1.807) is 6.07 Å². The van der Waals surface area contributed by atoms with Gasteiger partial charge in [0, 0.05) is 24.8 Å². The first kappa shape index (κ1) is 23.0. The maximum atomic E-state index is 12.6. The number of nitrogens with zero attached hydrogens (tertiary/aromatic N) is 3. The van der Waals surface area contributed by atoms with E-state index in [0.717, 1.165) is 5.82 Å². The fourth-order valence-electron chi connectivity index (χ4n) is 3.07. The van der Waals surface area contributed by atoms with Crippen molar-refractivity contribution < 1.29 is 18.7 Å². The number of unbranched alkanes of at least 4 members (excludes halogenated alkanes) is 1. The predicted octanol–water partition coefficient (Wildman–Crippen LogP) is 4.84. The van der Waals surface area contributed by atoms with Crippen LogP contribution in [0.2, 0.25) is 10.2 Å². The molecule has 2 heterocycles. The lowest BCUT2D eigenvalue weighted by Gasteiger charge is -2.24. The summed E-state index contributed by atoms with van der Waals surface area (Å²) in [6, 6.07) is 1.68. The van der Waals surface area contributed by atoms with Crippen LogP contribution in [0.3, 0.4) is 0 Å². The molecule has 2 rings (SSSR count). The molecule has 28 heavy (non-hydrogen) atoms. The van der Waals surface area contributed by atoms with Crippen molar-refractivity contribution in [2.75, 3.05) is 13.3 Å². The molecule has 156 valence electrons. The van der Waals surface area contributed by atoms with Crippen molar-refractivity contribution in [1.29, 1.82) is 0 Å². The fraction of sp³-hybridized carbons (Fsp3) is 0.632. The van der Waals surface area contributed by atoms with E-state index in [0.29, 0.717) is 35.4 Å². The van der Waals surface area contributed by atoms with Crippen molar-refractivity contribution in [3.8, 4) is 0 Å². The molecule has 0 radical (unpaired) electrons. The average molecular weight is 436 g/mol. The quantitative estimate of drug-likeness (QED) is 0.452. The van der Waals surface area contributed by atoms with E-state index in [9.17, 15) is 18.7 Å². The molecule has 0 amide bonds. The topological polar surface area (TPSA) is 68.0 Å². The summed E-state index contributed by atoms with van der Waals surface area (Å²) >= 11 is 12.1. The minimum atomic E-state index is -2.19. The van der Waals surface area contributed by atoms with E-state index >= 15 is 0 Å². The fourth-order valence-corrected chi connectivity index (χ4v) is 3.35. The summed E-state index contributed by atoms with van der Waals surface area (Å²) in [4.78, 5) is 20.9. The maximum Gasteiger partial charge on any atom is 0.162 e. The smallest absolute Gasteiger partial charge is 0.162 e. The van der Waals surface area contributed by atoms with Gasteiger partial charge < -0.3 is 9.67 Å². The summed E-state index contributed by atoms with van der Waals surface area (Å²) in [5.41, 5.74) is -1.19. The molecule has 2 aromatic heterocycles. The number of aryl methyl sites for hydroxylation is 1. The highest BCUT2D eigenvalue weighted by Gasteiger charge is 2.30. The molecule has 9 heteroatoms. The highest BCUT2D eigenvalue weighted by molar-refractivity contribution is 6.41. The lowest BCUT2D eigenvalue weighted by molar-refractivity contribution is -0.125. The lowest BCUT2D eigenvalue weighted by Crippen LogP contribution is -2.36. The molecule has 0 aromatic carbocycles. The van der Waals surface area contributed by atoms with Gasteiger partial charge in [0.2, 0.25) is 0 Å². The van der Waals surface area contributed by atoms with Crippen LogP contribution in [0.25, 0.3) is 11.2 Å². The van der Waals surface area contributed by atoms with Crippen LogP contribution in [0.1, 0.15) is 52.3 Å². The van der Waals surface area contributed by atoms with Gasteiger partial charge >= 0.3 is 0 Å². The van der Waals surface area contributed by atoms with E-state index < -0.39 is 25.4 Å². The van der Waals surface area contributed by atoms with Gasteiger partial charge in [0.25, 0.3) is 0 Å².